The Labute approximate surface area is 177 Å². The van der Waals surface area contributed by atoms with E-state index in [-0.39, 0.29) is 29.1 Å². The average Bonchev–Trinajstić information content (AvgIpc) is 3.09. The van der Waals surface area contributed by atoms with E-state index in [1.807, 2.05) is 18.5 Å². The number of nitrogens with zero attached hydrogens (tertiary/aromatic N) is 1. The molecular formula is C25H28N2O3. The van der Waals surface area contributed by atoms with Gasteiger partial charge in [-0.25, -0.2) is 0 Å². The van der Waals surface area contributed by atoms with Gasteiger partial charge >= 0.3 is 0 Å². The molecule has 1 aromatic rings. The zero-order chi connectivity index (χ0) is 20.9. The summed E-state index contributed by atoms with van der Waals surface area (Å²) in [5, 5.41) is 2.85. The Hall–Kier alpha value is -2.69. The van der Waals surface area contributed by atoms with Crippen LogP contribution in [0.25, 0.3) is 0 Å². The first-order valence-corrected chi connectivity index (χ1v) is 10.9. The number of hydrogen-bond donors (Lipinski definition) is 1. The highest BCUT2D eigenvalue weighted by atomic mass is 16.5. The van der Waals surface area contributed by atoms with E-state index in [9.17, 15) is 9.59 Å². The normalized spacial score (nSPS) is 34.5. The van der Waals surface area contributed by atoms with E-state index in [1.165, 1.54) is 12.5 Å². The minimum atomic E-state index is -0.0606. The third-order valence-corrected chi connectivity index (χ3v) is 7.50. The highest BCUT2D eigenvalue weighted by Crippen LogP contribution is 2.59. The van der Waals surface area contributed by atoms with Gasteiger partial charge in [-0.2, -0.15) is 0 Å². The number of pyridine rings is 1. The van der Waals surface area contributed by atoms with Crippen LogP contribution in [0.4, 0.5) is 0 Å². The Morgan fingerprint density at radius 3 is 2.97 bits per heavy atom. The number of hydrogen-bond acceptors (Lipinski definition) is 4. The van der Waals surface area contributed by atoms with E-state index in [0.29, 0.717) is 31.2 Å². The summed E-state index contributed by atoms with van der Waals surface area (Å²) >= 11 is 0. The van der Waals surface area contributed by atoms with Crippen molar-refractivity contribution in [3.8, 4) is 0 Å². The largest absolute Gasteiger partial charge is 0.489 e. The zero-order valence-corrected chi connectivity index (χ0v) is 17.6. The van der Waals surface area contributed by atoms with Crippen LogP contribution in [0, 0.1) is 17.3 Å². The molecule has 5 heteroatoms. The second-order valence-corrected chi connectivity index (χ2v) is 9.38. The first-order chi connectivity index (χ1) is 14.5. The molecule has 1 aromatic heterocycles. The number of fused-ring (bicyclic) bond motifs is 3. The molecule has 1 N–H and O–H groups in total. The van der Waals surface area contributed by atoms with Crippen molar-refractivity contribution in [2.75, 3.05) is 6.54 Å². The van der Waals surface area contributed by atoms with Crippen LogP contribution < -0.4 is 5.32 Å². The third-order valence-electron chi connectivity index (χ3n) is 7.50. The first-order valence-electron chi connectivity index (χ1n) is 10.9. The van der Waals surface area contributed by atoms with Crippen LogP contribution in [-0.4, -0.2) is 29.3 Å². The molecule has 156 valence electrons. The van der Waals surface area contributed by atoms with Gasteiger partial charge in [0.15, 0.2) is 5.78 Å². The summed E-state index contributed by atoms with van der Waals surface area (Å²) in [6.07, 6.45) is 13.8. The predicted octanol–water partition coefficient (Wildman–Crippen LogP) is 3.85. The van der Waals surface area contributed by atoms with Gasteiger partial charge in [-0.1, -0.05) is 25.1 Å². The molecule has 5 rings (SSSR count). The fourth-order valence-corrected chi connectivity index (χ4v) is 5.93. The number of ether oxygens (including phenoxy) is 1. The van der Waals surface area contributed by atoms with Crippen LogP contribution in [0.15, 0.2) is 59.7 Å². The van der Waals surface area contributed by atoms with Gasteiger partial charge in [-0.15, -0.1) is 0 Å². The summed E-state index contributed by atoms with van der Waals surface area (Å²) in [5.74, 6) is 1.78. The van der Waals surface area contributed by atoms with Gasteiger partial charge in [0.1, 0.15) is 11.9 Å². The lowest BCUT2D eigenvalue weighted by atomic mass is 9.65. The predicted molar refractivity (Wildman–Crippen MR) is 113 cm³/mol. The molecule has 1 amide bonds. The molecule has 1 saturated carbocycles. The first kappa shape index (κ1) is 19.3. The van der Waals surface area contributed by atoms with Crippen LogP contribution in [-0.2, 0) is 14.3 Å². The average molecular weight is 405 g/mol. The van der Waals surface area contributed by atoms with Crippen molar-refractivity contribution in [2.24, 2.45) is 17.3 Å². The lowest BCUT2D eigenvalue weighted by Crippen LogP contribution is -2.41. The fraction of sp³-hybridized carbons (Fsp3) is 0.480. The van der Waals surface area contributed by atoms with E-state index in [0.717, 1.165) is 29.7 Å². The molecule has 3 aliphatic carbocycles. The van der Waals surface area contributed by atoms with Crippen LogP contribution in [0.5, 0.6) is 0 Å². The molecule has 4 aliphatic rings. The van der Waals surface area contributed by atoms with Gasteiger partial charge in [0.25, 0.3) is 0 Å². The fourth-order valence-electron chi connectivity index (χ4n) is 5.93. The quantitative estimate of drug-likeness (QED) is 0.831. The maximum absolute atomic E-state index is 12.8. The van der Waals surface area contributed by atoms with E-state index in [4.69, 9.17) is 4.74 Å². The van der Waals surface area contributed by atoms with Crippen molar-refractivity contribution < 1.29 is 14.3 Å². The van der Waals surface area contributed by atoms with Crippen molar-refractivity contribution in [3.63, 3.8) is 0 Å². The molecule has 0 radical (unpaired) electrons. The monoisotopic (exact) mass is 404 g/mol. The number of Topliss-reactive ketones (excluding diaryl/α,β-unsaturated/α-hetero) is 1. The Bertz CT molecular complexity index is 977. The summed E-state index contributed by atoms with van der Waals surface area (Å²) in [7, 11) is 0. The summed E-state index contributed by atoms with van der Waals surface area (Å²) in [6, 6.07) is 4.19. The molecule has 30 heavy (non-hydrogen) atoms. The van der Waals surface area contributed by atoms with Crippen molar-refractivity contribution in [1.29, 1.82) is 0 Å². The molecule has 0 saturated heterocycles. The summed E-state index contributed by atoms with van der Waals surface area (Å²) in [4.78, 5) is 28.4. The smallest absolute Gasteiger partial charge is 0.216 e. The zero-order valence-electron chi connectivity index (χ0n) is 17.6. The number of aromatic nitrogens is 1. The van der Waals surface area contributed by atoms with Gasteiger partial charge in [-0.05, 0) is 53.4 Å². The molecule has 0 bridgehead atoms. The lowest BCUT2D eigenvalue weighted by molar-refractivity contribution is -0.120. The maximum Gasteiger partial charge on any atom is 0.216 e. The Morgan fingerprint density at radius 2 is 2.20 bits per heavy atom. The van der Waals surface area contributed by atoms with Crippen LogP contribution in [0.2, 0.25) is 0 Å². The topological polar surface area (TPSA) is 68.3 Å². The highest BCUT2D eigenvalue weighted by Gasteiger charge is 2.53. The van der Waals surface area contributed by atoms with Gasteiger partial charge < -0.3 is 10.1 Å². The van der Waals surface area contributed by atoms with Gasteiger partial charge in [0.2, 0.25) is 5.91 Å². The van der Waals surface area contributed by atoms with Crippen molar-refractivity contribution in [3.05, 3.63) is 65.2 Å². The highest BCUT2D eigenvalue weighted by molar-refractivity contribution is 6.00. The number of amides is 1. The van der Waals surface area contributed by atoms with Crippen LogP contribution in [0.3, 0.4) is 0 Å². The maximum atomic E-state index is 12.8. The summed E-state index contributed by atoms with van der Waals surface area (Å²) in [6.45, 7) is 4.37. The standard InChI is InChI=1S/C25H28N2O3/c1-15(28)27-13-16-10-22(29)19-12-17-7-8-25(2)20(18-4-3-9-26-14-18)5-6-21(25)24(17)30-23(19)11-16/h3-4,7-9,12,14,16,20-21,24H,5-6,10-11,13H2,1-2H3,(H,27,28)/t16?,20-,21+,24-,25-/m1/s1. The van der Waals surface area contributed by atoms with Crippen LogP contribution >= 0.6 is 0 Å². The Balaban J connectivity index is 1.42. The van der Waals surface area contributed by atoms with E-state index < -0.39 is 0 Å². The number of allylic oxidation sites excluding steroid dienone is 4. The summed E-state index contributed by atoms with van der Waals surface area (Å²) < 4.78 is 6.58. The van der Waals surface area contributed by atoms with Gasteiger partial charge in [0.05, 0.1) is 5.57 Å². The second-order valence-electron chi connectivity index (χ2n) is 9.38. The molecule has 1 fully saturated rings. The molecule has 1 unspecified atom stereocenters. The van der Waals surface area contributed by atoms with Crippen molar-refractivity contribution in [1.82, 2.24) is 10.3 Å². The number of ketones is 1. The molecule has 0 spiro atoms. The van der Waals surface area contributed by atoms with Crippen LogP contribution in [0.1, 0.15) is 51.0 Å². The molecule has 0 aromatic carbocycles. The Morgan fingerprint density at radius 1 is 1.33 bits per heavy atom. The molecule has 5 nitrogen and oxygen atoms in total. The molecular weight excluding hydrogens is 376 g/mol. The number of carbonyl (C=O) groups excluding carboxylic acids is 2. The van der Waals surface area contributed by atoms with Crippen molar-refractivity contribution >= 4 is 11.7 Å². The molecule has 2 heterocycles. The minimum absolute atomic E-state index is 0.00672. The third kappa shape index (κ3) is 3.11. The number of carbonyl (C=O) groups is 2. The van der Waals surface area contributed by atoms with Gasteiger partial charge in [0, 0.05) is 44.6 Å². The van der Waals surface area contributed by atoms with E-state index >= 15 is 0 Å². The van der Waals surface area contributed by atoms with E-state index in [1.54, 1.807) is 0 Å². The van der Waals surface area contributed by atoms with E-state index in [2.05, 4.69) is 41.5 Å². The Kier molecular flexibility index (Phi) is 4.64. The SMILES string of the molecule is CC(=O)NCC1CC(=O)C2=C(C1)O[C@@H]1C(=C2)C=C[C@]2(C)[C@@H](c3cccnc3)CC[C@@H]12. The summed E-state index contributed by atoms with van der Waals surface area (Å²) in [5.41, 5.74) is 3.16. The molecule has 5 atom stereocenters. The number of rotatable bonds is 3. The molecule has 1 aliphatic heterocycles. The minimum Gasteiger partial charge on any atom is -0.489 e. The van der Waals surface area contributed by atoms with Gasteiger partial charge in [-0.3, -0.25) is 14.6 Å². The second kappa shape index (κ2) is 7.22. The van der Waals surface area contributed by atoms with Crippen molar-refractivity contribution in [2.45, 2.75) is 51.6 Å². The number of nitrogens with one attached hydrogen (secondary N) is 1. The lowest BCUT2D eigenvalue weighted by Gasteiger charge is -2.44.